The zero-order chi connectivity index (χ0) is 19.9. The number of H-pyrrole nitrogens is 1. The average molecular weight is 398 g/mol. The highest BCUT2D eigenvalue weighted by Crippen LogP contribution is 2.14. The summed E-state index contributed by atoms with van der Waals surface area (Å²) in [5, 5.41) is 14.6. The predicted octanol–water partition coefficient (Wildman–Crippen LogP) is 1.38. The molecule has 4 heterocycles. The van der Waals surface area contributed by atoms with E-state index in [4.69, 9.17) is 13.9 Å². The van der Waals surface area contributed by atoms with Crippen LogP contribution in [0, 0.1) is 0 Å². The highest BCUT2D eigenvalue weighted by atomic mass is 16.5. The molecule has 1 fully saturated rings. The number of guanidine groups is 1. The fourth-order valence-corrected chi connectivity index (χ4v) is 3.28. The van der Waals surface area contributed by atoms with E-state index >= 15 is 0 Å². The molecule has 4 rings (SSSR count). The summed E-state index contributed by atoms with van der Waals surface area (Å²) in [4.78, 5) is 13.9. The van der Waals surface area contributed by atoms with Crippen LogP contribution >= 0.6 is 0 Å². The van der Waals surface area contributed by atoms with Crippen molar-refractivity contribution in [3.8, 4) is 11.6 Å². The van der Waals surface area contributed by atoms with Crippen molar-refractivity contribution in [1.29, 1.82) is 0 Å². The molecule has 1 aliphatic rings. The average Bonchev–Trinajstić information content (AvgIpc) is 3.50. The van der Waals surface area contributed by atoms with Crippen LogP contribution in [0.3, 0.4) is 0 Å². The molecule has 3 aromatic rings. The Morgan fingerprint density at radius 3 is 2.86 bits per heavy atom. The van der Waals surface area contributed by atoms with E-state index in [1.165, 1.54) is 0 Å². The third-order valence-corrected chi connectivity index (χ3v) is 4.77. The van der Waals surface area contributed by atoms with Gasteiger partial charge in [-0.1, -0.05) is 5.16 Å². The summed E-state index contributed by atoms with van der Waals surface area (Å²) in [7, 11) is 0. The van der Waals surface area contributed by atoms with Crippen LogP contribution in [0.5, 0.6) is 0 Å². The molecule has 0 amide bonds. The SMILES string of the molecule is CCNC(=NCCc1nc(-c2ccco2)n[nH]1)N1CCN(Cc2ccon2)CC1. The minimum atomic E-state index is 0.573. The Morgan fingerprint density at radius 1 is 1.24 bits per heavy atom. The maximum Gasteiger partial charge on any atom is 0.216 e. The van der Waals surface area contributed by atoms with Crippen LogP contribution in [0.25, 0.3) is 11.6 Å². The molecule has 1 saturated heterocycles. The molecule has 154 valence electrons. The first kappa shape index (κ1) is 19.2. The van der Waals surface area contributed by atoms with E-state index in [0.29, 0.717) is 24.6 Å². The molecule has 0 atom stereocenters. The van der Waals surface area contributed by atoms with Crippen molar-refractivity contribution in [2.75, 3.05) is 39.3 Å². The van der Waals surface area contributed by atoms with Gasteiger partial charge >= 0.3 is 0 Å². The molecule has 2 N–H and O–H groups in total. The second-order valence-electron chi connectivity index (χ2n) is 6.82. The number of furan rings is 1. The van der Waals surface area contributed by atoms with Crippen LogP contribution in [-0.4, -0.2) is 75.4 Å². The number of aliphatic imine (C=N–C) groups is 1. The third-order valence-electron chi connectivity index (χ3n) is 4.77. The number of hydrogen-bond donors (Lipinski definition) is 2. The highest BCUT2D eigenvalue weighted by Gasteiger charge is 2.20. The molecule has 29 heavy (non-hydrogen) atoms. The molecule has 0 spiro atoms. The fraction of sp³-hybridized carbons (Fsp3) is 0.474. The number of nitrogens with one attached hydrogen (secondary N) is 2. The van der Waals surface area contributed by atoms with Crippen LogP contribution in [-0.2, 0) is 13.0 Å². The Kier molecular flexibility index (Phi) is 6.20. The minimum absolute atomic E-state index is 0.573. The number of aromatic nitrogens is 4. The van der Waals surface area contributed by atoms with Gasteiger partial charge in [0.2, 0.25) is 5.82 Å². The van der Waals surface area contributed by atoms with E-state index in [1.54, 1.807) is 12.5 Å². The van der Waals surface area contributed by atoms with Crippen molar-refractivity contribution in [1.82, 2.24) is 35.5 Å². The van der Waals surface area contributed by atoms with Gasteiger partial charge in [0.25, 0.3) is 0 Å². The van der Waals surface area contributed by atoms with Gasteiger partial charge in [-0.25, -0.2) is 4.98 Å². The highest BCUT2D eigenvalue weighted by molar-refractivity contribution is 5.80. The lowest BCUT2D eigenvalue weighted by molar-refractivity contribution is 0.169. The molecule has 1 aliphatic heterocycles. The molecule has 0 radical (unpaired) electrons. The fourth-order valence-electron chi connectivity index (χ4n) is 3.28. The van der Waals surface area contributed by atoms with E-state index in [-0.39, 0.29) is 0 Å². The maximum absolute atomic E-state index is 5.33. The molecule has 10 heteroatoms. The largest absolute Gasteiger partial charge is 0.461 e. The smallest absolute Gasteiger partial charge is 0.216 e. The van der Waals surface area contributed by atoms with Gasteiger partial charge in [0, 0.05) is 58.3 Å². The minimum Gasteiger partial charge on any atom is -0.461 e. The first-order chi connectivity index (χ1) is 14.3. The Hall–Kier alpha value is -3.14. The second kappa shape index (κ2) is 9.37. The van der Waals surface area contributed by atoms with Crippen LogP contribution < -0.4 is 5.32 Å². The van der Waals surface area contributed by atoms with E-state index in [2.05, 4.69) is 42.4 Å². The Balaban J connectivity index is 1.29. The number of rotatable bonds is 7. The van der Waals surface area contributed by atoms with Crippen molar-refractivity contribution in [2.45, 2.75) is 19.9 Å². The molecule has 0 saturated carbocycles. The van der Waals surface area contributed by atoms with Crippen LogP contribution in [0.4, 0.5) is 0 Å². The molecule has 0 aliphatic carbocycles. The van der Waals surface area contributed by atoms with Crippen molar-refractivity contribution in [3.63, 3.8) is 0 Å². The molecular formula is C19H26N8O2. The number of piperazine rings is 1. The van der Waals surface area contributed by atoms with E-state index in [9.17, 15) is 0 Å². The van der Waals surface area contributed by atoms with E-state index in [0.717, 1.165) is 56.7 Å². The standard InChI is InChI=1S/C19H26N8O2/c1-2-20-19(27-10-8-26(9-11-27)14-15-6-13-29-25-15)21-7-5-17-22-18(24-23-17)16-4-3-12-28-16/h3-4,6,12-13H,2,5,7-11,14H2,1H3,(H,20,21)(H,22,23,24). The predicted molar refractivity (Wildman–Crippen MR) is 107 cm³/mol. The van der Waals surface area contributed by atoms with Gasteiger partial charge in [-0.2, -0.15) is 5.10 Å². The summed E-state index contributed by atoms with van der Waals surface area (Å²) >= 11 is 0. The van der Waals surface area contributed by atoms with E-state index in [1.807, 2.05) is 18.2 Å². The number of nitrogens with zero attached hydrogens (tertiary/aromatic N) is 6. The van der Waals surface area contributed by atoms with Gasteiger partial charge in [-0.05, 0) is 19.1 Å². The summed E-state index contributed by atoms with van der Waals surface area (Å²) < 4.78 is 10.2. The third kappa shape index (κ3) is 5.02. The van der Waals surface area contributed by atoms with Crippen molar-refractivity contribution in [3.05, 3.63) is 42.2 Å². The van der Waals surface area contributed by atoms with Crippen LogP contribution in [0.2, 0.25) is 0 Å². The molecule has 3 aromatic heterocycles. The molecular weight excluding hydrogens is 372 g/mol. The molecule has 0 aromatic carbocycles. The molecule has 0 bridgehead atoms. The Labute approximate surface area is 169 Å². The first-order valence-electron chi connectivity index (χ1n) is 9.92. The van der Waals surface area contributed by atoms with Crippen LogP contribution in [0.15, 0.2) is 44.7 Å². The van der Waals surface area contributed by atoms with Crippen molar-refractivity contribution in [2.24, 2.45) is 4.99 Å². The van der Waals surface area contributed by atoms with Crippen molar-refractivity contribution >= 4 is 5.96 Å². The Bertz CT molecular complexity index is 879. The monoisotopic (exact) mass is 398 g/mol. The van der Waals surface area contributed by atoms with Gasteiger partial charge in [-0.15, -0.1) is 0 Å². The number of hydrogen-bond acceptors (Lipinski definition) is 7. The quantitative estimate of drug-likeness (QED) is 0.453. The summed E-state index contributed by atoms with van der Waals surface area (Å²) in [6.45, 7) is 8.15. The lowest BCUT2D eigenvalue weighted by atomic mass is 10.3. The van der Waals surface area contributed by atoms with Gasteiger partial charge in [-0.3, -0.25) is 15.0 Å². The van der Waals surface area contributed by atoms with Gasteiger partial charge in [0.1, 0.15) is 12.1 Å². The van der Waals surface area contributed by atoms with Gasteiger partial charge in [0.05, 0.1) is 12.0 Å². The van der Waals surface area contributed by atoms with Gasteiger partial charge < -0.3 is 19.2 Å². The lowest BCUT2D eigenvalue weighted by Gasteiger charge is -2.36. The lowest BCUT2D eigenvalue weighted by Crippen LogP contribution is -2.52. The van der Waals surface area contributed by atoms with Gasteiger partial charge in [0.15, 0.2) is 11.7 Å². The number of aromatic amines is 1. The summed E-state index contributed by atoms with van der Waals surface area (Å²) in [5.74, 6) is 2.98. The zero-order valence-corrected chi connectivity index (χ0v) is 16.5. The summed E-state index contributed by atoms with van der Waals surface area (Å²) in [6.07, 6.45) is 3.92. The second-order valence-corrected chi connectivity index (χ2v) is 6.82. The summed E-state index contributed by atoms with van der Waals surface area (Å²) in [5.41, 5.74) is 0.972. The molecule has 10 nitrogen and oxygen atoms in total. The zero-order valence-electron chi connectivity index (χ0n) is 16.5. The van der Waals surface area contributed by atoms with E-state index < -0.39 is 0 Å². The molecule has 0 unspecified atom stereocenters. The van der Waals surface area contributed by atoms with Crippen molar-refractivity contribution < 1.29 is 8.94 Å². The summed E-state index contributed by atoms with van der Waals surface area (Å²) in [6, 6.07) is 5.58. The normalized spacial score (nSPS) is 15.8. The Morgan fingerprint density at radius 2 is 2.14 bits per heavy atom. The topological polar surface area (TPSA) is 112 Å². The first-order valence-corrected chi connectivity index (χ1v) is 9.92. The van der Waals surface area contributed by atoms with Crippen LogP contribution in [0.1, 0.15) is 18.4 Å². The maximum atomic E-state index is 5.33.